The van der Waals surface area contributed by atoms with E-state index in [9.17, 15) is 4.79 Å². The average molecular weight is 175 g/mol. The van der Waals surface area contributed by atoms with Gasteiger partial charge in [0.1, 0.15) is 5.66 Å². The lowest BCUT2D eigenvalue weighted by atomic mass is 10.1. The third kappa shape index (κ3) is 2.44. The number of hydrogen-bond donors (Lipinski definition) is 3. The maximum Gasteiger partial charge on any atom is 0.294 e. The molecule has 1 atom stereocenters. The van der Waals surface area contributed by atoms with Gasteiger partial charge in [0.25, 0.3) is 6.47 Å². The lowest BCUT2D eigenvalue weighted by molar-refractivity contribution is -0.140. The minimum atomic E-state index is -0.463. The number of nitrogens with one attached hydrogen (secondary N) is 3. The summed E-state index contributed by atoms with van der Waals surface area (Å²) in [5, 5.41) is 8.88. The predicted molar refractivity (Wildman–Crippen MR) is 46.5 cm³/mol. The molecule has 0 spiro atoms. The number of hydrogen-bond acceptors (Lipinski definition) is 5. The summed E-state index contributed by atoms with van der Waals surface area (Å²) in [5.41, 5.74) is -0.463. The summed E-state index contributed by atoms with van der Waals surface area (Å²) in [5.74, 6) is 0. The molecule has 0 aromatic rings. The second-order valence-corrected chi connectivity index (χ2v) is 2.60. The van der Waals surface area contributed by atoms with Gasteiger partial charge in [-0.05, 0) is 28.1 Å². The predicted octanol–water partition coefficient (Wildman–Crippen LogP) is -1.14. The van der Waals surface area contributed by atoms with Crippen LogP contribution in [0.3, 0.4) is 0 Å². The Morgan fingerprint density at radius 1 is 1.33 bits per heavy atom. The SMILES string of the molecule is CNC(OC=O)C(C)(NC)NC. The van der Waals surface area contributed by atoms with E-state index in [1.165, 1.54) is 0 Å². The van der Waals surface area contributed by atoms with Gasteiger partial charge in [0.2, 0.25) is 0 Å². The van der Waals surface area contributed by atoms with Crippen LogP contribution in [0.25, 0.3) is 0 Å². The first kappa shape index (κ1) is 11.4. The highest BCUT2D eigenvalue weighted by molar-refractivity contribution is 5.37. The molecule has 0 amide bonds. The average Bonchev–Trinajstić information content (AvgIpc) is 2.13. The quantitative estimate of drug-likeness (QED) is 0.352. The first-order valence-corrected chi connectivity index (χ1v) is 3.78. The lowest BCUT2D eigenvalue weighted by Crippen LogP contribution is -2.64. The molecule has 0 heterocycles. The molecule has 12 heavy (non-hydrogen) atoms. The Morgan fingerprint density at radius 3 is 2.08 bits per heavy atom. The van der Waals surface area contributed by atoms with Gasteiger partial charge in [-0.3, -0.25) is 20.7 Å². The fourth-order valence-electron chi connectivity index (χ4n) is 0.936. The Balaban J connectivity index is 4.31. The number of carbonyl (C=O) groups excluding carboxylic acids is 1. The van der Waals surface area contributed by atoms with Crippen LogP contribution in [0, 0.1) is 0 Å². The molecule has 0 radical (unpaired) electrons. The zero-order valence-electron chi connectivity index (χ0n) is 7.97. The van der Waals surface area contributed by atoms with Gasteiger partial charge >= 0.3 is 0 Å². The molecule has 3 N–H and O–H groups in total. The van der Waals surface area contributed by atoms with Crippen molar-refractivity contribution < 1.29 is 9.53 Å². The maximum atomic E-state index is 10.1. The smallest absolute Gasteiger partial charge is 0.294 e. The van der Waals surface area contributed by atoms with E-state index in [2.05, 4.69) is 16.0 Å². The van der Waals surface area contributed by atoms with Crippen LogP contribution >= 0.6 is 0 Å². The van der Waals surface area contributed by atoms with Crippen molar-refractivity contribution in [3.05, 3.63) is 0 Å². The summed E-state index contributed by atoms with van der Waals surface area (Å²) in [7, 11) is 5.30. The fraction of sp³-hybridized carbons (Fsp3) is 0.857. The van der Waals surface area contributed by atoms with E-state index in [4.69, 9.17) is 4.74 Å². The summed E-state index contributed by atoms with van der Waals surface area (Å²) < 4.78 is 4.82. The Kier molecular flexibility index (Phi) is 4.80. The van der Waals surface area contributed by atoms with Crippen molar-refractivity contribution >= 4 is 6.47 Å². The van der Waals surface area contributed by atoms with E-state index in [1.807, 2.05) is 6.92 Å². The molecule has 0 saturated carbocycles. The van der Waals surface area contributed by atoms with Crippen LogP contribution in [-0.2, 0) is 9.53 Å². The Bertz CT molecular complexity index is 137. The molecule has 0 saturated heterocycles. The fourth-order valence-corrected chi connectivity index (χ4v) is 0.936. The minimum Gasteiger partial charge on any atom is -0.445 e. The van der Waals surface area contributed by atoms with Crippen molar-refractivity contribution in [1.82, 2.24) is 16.0 Å². The van der Waals surface area contributed by atoms with E-state index < -0.39 is 11.9 Å². The number of rotatable bonds is 6. The van der Waals surface area contributed by atoms with Crippen molar-refractivity contribution in [3.63, 3.8) is 0 Å². The van der Waals surface area contributed by atoms with Gasteiger partial charge in [-0.2, -0.15) is 0 Å². The molecule has 0 fully saturated rings. The Hall–Kier alpha value is -0.650. The Morgan fingerprint density at radius 2 is 1.83 bits per heavy atom. The summed E-state index contributed by atoms with van der Waals surface area (Å²) in [4.78, 5) is 10.1. The van der Waals surface area contributed by atoms with Crippen LogP contribution in [0.2, 0.25) is 0 Å². The van der Waals surface area contributed by atoms with Crippen molar-refractivity contribution in [2.45, 2.75) is 18.8 Å². The van der Waals surface area contributed by atoms with Gasteiger partial charge in [-0.15, -0.1) is 0 Å². The van der Waals surface area contributed by atoms with Crippen LogP contribution in [0.5, 0.6) is 0 Å². The van der Waals surface area contributed by atoms with Gasteiger partial charge in [0, 0.05) is 0 Å². The monoisotopic (exact) mass is 175 g/mol. The summed E-state index contributed by atoms with van der Waals surface area (Å²) in [6, 6.07) is 0. The molecule has 5 heteroatoms. The third-order valence-corrected chi connectivity index (χ3v) is 2.02. The first-order chi connectivity index (χ1) is 5.64. The van der Waals surface area contributed by atoms with Gasteiger partial charge < -0.3 is 4.74 Å². The van der Waals surface area contributed by atoms with E-state index in [0.29, 0.717) is 6.47 Å². The van der Waals surface area contributed by atoms with E-state index in [1.54, 1.807) is 21.1 Å². The highest BCUT2D eigenvalue weighted by atomic mass is 16.5. The first-order valence-electron chi connectivity index (χ1n) is 3.78. The summed E-state index contributed by atoms with van der Waals surface area (Å²) in [6.45, 7) is 2.31. The second kappa shape index (κ2) is 5.08. The molecule has 0 aliphatic rings. The molecule has 5 nitrogen and oxygen atoms in total. The summed E-state index contributed by atoms with van der Waals surface area (Å²) >= 11 is 0. The number of likely N-dealkylation sites (N-methyl/N-ethyl adjacent to an activating group) is 3. The molecule has 0 bridgehead atoms. The van der Waals surface area contributed by atoms with Gasteiger partial charge in [0.05, 0.1) is 0 Å². The van der Waals surface area contributed by atoms with E-state index in [-0.39, 0.29) is 0 Å². The summed E-state index contributed by atoms with van der Waals surface area (Å²) in [6.07, 6.45) is -0.398. The normalized spacial score (nSPS) is 14.0. The third-order valence-electron chi connectivity index (χ3n) is 2.02. The van der Waals surface area contributed by atoms with Gasteiger partial charge in [0.15, 0.2) is 6.23 Å². The molecule has 0 aliphatic heterocycles. The van der Waals surface area contributed by atoms with Crippen molar-refractivity contribution in [3.8, 4) is 0 Å². The largest absolute Gasteiger partial charge is 0.445 e. The molecular formula is C7H17N3O2. The lowest BCUT2D eigenvalue weighted by Gasteiger charge is -2.35. The molecule has 0 rings (SSSR count). The van der Waals surface area contributed by atoms with Crippen LogP contribution in [0.15, 0.2) is 0 Å². The van der Waals surface area contributed by atoms with E-state index in [0.717, 1.165) is 0 Å². The molecule has 0 aromatic carbocycles. The molecular weight excluding hydrogens is 158 g/mol. The standard InChI is InChI=1S/C7H17N3O2/c1-7(9-3,10-4)6(8-2)12-5-11/h5-6,8-10H,1-4H3. The second-order valence-electron chi connectivity index (χ2n) is 2.60. The maximum absolute atomic E-state index is 10.1. The zero-order valence-corrected chi connectivity index (χ0v) is 7.97. The highest BCUT2D eigenvalue weighted by Crippen LogP contribution is 2.04. The van der Waals surface area contributed by atoms with Crippen LogP contribution in [-0.4, -0.2) is 39.5 Å². The Labute approximate surface area is 72.9 Å². The van der Waals surface area contributed by atoms with Gasteiger partial charge in [-0.25, -0.2) is 0 Å². The van der Waals surface area contributed by atoms with Crippen LogP contribution in [0.1, 0.15) is 6.92 Å². The minimum absolute atomic E-state index is 0.398. The highest BCUT2D eigenvalue weighted by Gasteiger charge is 2.31. The molecule has 72 valence electrons. The molecule has 1 unspecified atom stereocenters. The van der Waals surface area contributed by atoms with Crippen molar-refractivity contribution in [2.75, 3.05) is 21.1 Å². The zero-order chi connectivity index (χ0) is 9.61. The number of ether oxygens (including phenoxy) is 1. The number of carbonyl (C=O) groups is 1. The van der Waals surface area contributed by atoms with Crippen LogP contribution in [0.4, 0.5) is 0 Å². The van der Waals surface area contributed by atoms with Crippen molar-refractivity contribution in [2.24, 2.45) is 0 Å². The molecule has 0 aromatic heterocycles. The molecule has 0 aliphatic carbocycles. The topological polar surface area (TPSA) is 62.4 Å². The van der Waals surface area contributed by atoms with Crippen molar-refractivity contribution in [1.29, 1.82) is 0 Å². The van der Waals surface area contributed by atoms with Crippen LogP contribution < -0.4 is 16.0 Å². The van der Waals surface area contributed by atoms with Gasteiger partial charge in [-0.1, -0.05) is 0 Å². The van der Waals surface area contributed by atoms with E-state index >= 15 is 0 Å².